The van der Waals surface area contributed by atoms with Gasteiger partial charge in [-0.25, -0.2) is 13.1 Å². The number of amides is 1. The summed E-state index contributed by atoms with van der Waals surface area (Å²) in [5.41, 5.74) is 11.6. The molecule has 7 heteroatoms. The van der Waals surface area contributed by atoms with Crippen LogP contribution >= 0.6 is 0 Å². The van der Waals surface area contributed by atoms with Crippen LogP contribution < -0.4 is 16.2 Å². The van der Waals surface area contributed by atoms with Gasteiger partial charge in [-0.1, -0.05) is 6.07 Å². The average Bonchev–Trinajstić information content (AvgIpc) is 2.32. The van der Waals surface area contributed by atoms with Crippen LogP contribution in [-0.4, -0.2) is 20.9 Å². The van der Waals surface area contributed by atoms with Crippen molar-refractivity contribution in [3.8, 4) is 0 Å². The molecule has 6 nitrogen and oxygen atoms in total. The number of hydrogen-bond acceptors (Lipinski definition) is 4. The Balaban J connectivity index is 3.14. The quantitative estimate of drug-likeness (QED) is 0.693. The number of nitrogens with two attached hydrogens (primary N) is 2. The molecule has 0 bridgehead atoms. The van der Waals surface area contributed by atoms with Crippen LogP contribution in [-0.2, 0) is 14.8 Å². The SMILES string of the molecule is Cc1ccc(N)c(S(=O)(=O)NCC(C)(C)C(N)=O)c1C. The lowest BCUT2D eigenvalue weighted by molar-refractivity contribution is -0.125. The summed E-state index contributed by atoms with van der Waals surface area (Å²) in [5.74, 6) is -0.575. The van der Waals surface area contributed by atoms with Gasteiger partial charge < -0.3 is 11.5 Å². The number of rotatable bonds is 5. The van der Waals surface area contributed by atoms with Crippen LogP contribution in [0.15, 0.2) is 17.0 Å². The average molecular weight is 299 g/mol. The van der Waals surface area contributed by atoms with E-state index in [-0.39, 0.29) is 17.1 Å². The molecule has 1 aromatic carbocycles. The second kappa shape index (κ2) is 5.41. The number of hydrogen-bond donors (Lipinski definition) is 3. The highest BCUT2D eigenvalue weighted by Gasteiger charge is 2.29. The van der Waals surface area contributed by atoms with E-state index in [1.807, 2.05) is 0 Å². The molecule has 0 saturated heterocycles. The Kier molecular flexibility index (Phi) is 4.45. The zero-order valence-electron chi connectivity index (χ0n) is 12.1. The molecular weight excluding hydrogens is 278 g/mol. The highest BCUT2D eigenvalue weighted by Crippen LogP contribution is 2.25. The van der Waals surface area contributed by atoms with Gasteiger partial charge in [0.25, 0.3) is 0 Å². The van der Waals surface area contributed by atoms with Crippen molar-refractivity contribution in [3.63, 3.8) is 0 Å². The second-order valence-corrected chi connectivity index (χ2v) is 7.20. The van der Waals surface area contributed by atoms with Gasteiger partial charge in [-0.05, 0) is 44.9 Å². The molecule has 1 aromatic rings. The molecule has 0 radical (unpaired) electrons. The third kappa shape index (κ3) is 3.29. The van der Waals surface area contributed by atoms with E-state index in [2.05, 4.69) is 4.72 Å². The largest absolute Gasteiger partial charge is 0.398 e. The van der Waals surface area contributed by atoms with Gasteiger partial charge in [-0.2, -0.15) is 0 Å². The van der Waals surface area contributed by atoms with Crippen molar-refractivity contribution >= 4 is 21.6 Å². The molecule has 1 rings (SSSR count). The Bertz CT molecular complexity index is 637. The summed E-state index contributed by atoms with van der Waals surface area (Å²) in [6, 6.07) is 3.31. The lowest BCUT2D eigenvalue weighted by Crippen LogP contribution is -2.42. The van der Waals surface area contributed by atoms with E-state index in [0.29, 0.717) is 5.56 Å². The number of primary amides is 1. The first-order valence-electron chi connectivity index (χ1n) is 6.14. The van der Waals surface area contributed by atoms with E-state index in [4.69, 9.17) is 11.5 Å². The smallest absolute Gasteiger partial charge is 0.242 e. The summed E-state index contributed by atoms with van der Waals surface area (Å²) in [7, 11) is -3.79. The highest BCUT2D eigenvalue weighted by molar-refractivity contribution is 7.89. The predicted molar refractivity (Wildman–Crippen MR) is 78.5 cm³/mol. The van der Waals surface area contributed by atoms with Gasteiger partial charge in [-0.3, -0.25) is 4.79 Å². The Morgan fingerprint density at radius 1 is 1.30 bits per heavy atom. The maximum absolute atomic E-state index is 12.4. The number of nitrogens with one attached hydrogen (secondary N) is 1. The van der Waals surface area contributed by atoms with Crippen molar-refractivity contribution in [1.29, 1.82) is 0 Å². The second-order valence-electron chi connectivity index (χ2n) is 5.50. The number of anilines is 1. The van der Waals surface area contributed by atoms with Crippen molar-refractivity contribution < 1.29 is 13.2 Å². The van der Waals surface area contributed by atoms with Crippen LogP contribution in [0.25, 0.3) is 0 Å². The summed E-state index contributed by atoms with van der Waals surface area (Å²) >= 11 is 0. The van der Waals surface area contributed by atoms with E-state index < -0.39 is 21.3 Å². The van der Waals surface area contributed by atoms with Crippen molar-refractivity contribution in [2.24, 2.45) is 11.1 Å². The van der Waals surface area contributed by atoms with Crippen molar-refractivity contribution in [2.45, 2.75) is 32.6 Å². The van der Waals surface area contributed by atoms with Crippen LogP contribution in [0.4, 0.5) is 5.69 Å². The minimum atomic E-state index is -3.79. The molecule has 0 fully saturated rings. The van der Waals surface area contributed by atoms with Crippen molar-refractivity contribution in [1.82, 2.24) is 4.72 Å². The van der Waals surface area contributed by atoms with E-state index in [9.17, 15) is 13.2 Å². The summed E-state index contributed by atoms with van der Waals surface area (Å²) < 4.78 is 27.1. The van der Waals surface area contributed by atoms with E-state index in [1.54, 1.807) is 39.8 Å². The number of carbonyl (C=O) groups is 1. The molecule has 0 unspecified atom stereocenters. The van der Waals surface area contributed by atoms with Crippen LogP contribution in [0, 0.1) is 19.3 Å². The molecule has 112 valence electrons. The Hall–Kier alpha value is -1.60. The van der Waals surface area contributed by atoms with Gasteiger partial charge in [0.1, 0.15) is 4.90 Å². The normalized spacial score (nSPS) is 12.4. The van der Waals surface area contributed by atoms with Crippen molar-refractivity contribution in [2.75, 3.05) is 12.3 Å². The maximum Gasteiger partial charge on any atom is 0.242 e. The predicted octanol–water partition coefficient (Wildman–Crippen LogP) is 0.675. The van der Waals surface area contributed by atoms with Crippen molar-refractivity contribution in [3.05, 3.63) is 23.3 Å². The van der Waals surface area contributed by atoms with Gasteiger partial charge in [0.05, 0.1) is 11.1 Å². The number of benzene rings is 1. The highest BCUT2D eigenvalue weighted by atomic mass is 32.2. The van der Waals surface area contributed by atoms with Gasteiger partial charge in [0.15, 0.2) is 0 Å². The topological polar surface area (TPSA) is 115 Å². The standard InChI is InChI=1S/C13H21N3O3S/c1-8-5-6-10(14)11(9(8)2)20(18,19)16-7-13(3,4)12(15)17/h5-6,16H,7,14H2,1-4H3,(H2,15,17). The number of nitrogen functional groups attached to an aromatic ring is 1. The van der Waals surface area contributed by atoms with Gasteiger partial charge in [0, 0.05) is 6.54 Å². The van der Waals surface area contributed by atoms with E-state index in [1.165, 1.54) is 0 Å². The number of aryl methyl sites for hydroxylation is 1. The summed E-state index contributed by atoms with van der Waals surface area (Å²) in [6.45, 7) is 6.56. The zero-order chi connectivity index (χ0) is 15.7. The van der Waals surface area contributed by atoms with Gasteiger partial charge in [-0.15, -0.1) is 0 Å². The van der Waals surface area contributed by atoms with Gasteiger partial charge >= 0.3 is 0 Å². The summed E-state index contributed by atoms with van der Waals surface area (Å²) in [6.07, 6.45) is 0. The fourth-order valence-corrected chi connectivity index (χ4v) is 3.24. The minimum Gasteiger partial charge on any atom is -0.398 e. The molecule has 0 aromatic heterocycles. The molecule has 1 amide bonds. The van der Waals surface area contributed by atoms with E-state index >= 15 is 0 Å². The molecule has 0 heterocycles. The van der Waals surface area contributed by atoms with Crippen LogP contribution in [0.2, 0.25) is 0 Å². The first kappa shape index (κ1) is 16.5. The minimum absolute atomic E-state index is 0.0535. The Morgan fingerprint density at radius 2 is 1.85 bits per heavy atom. The molecular formula is C13H21N3O3S. The zero-order valence-corrected chi connectivity index (χ0v) is 13.0. The lowest BCUT2D eigenvalue weighted by Gasteiger charge is -2.21. The summed E-state index contributed by atoms with van der Waals surface area (Å²) in [4.78, 5) is 11.3. The third-order valence-electron chi connectivity index (χ3n) is 3.35. The number of sulfonamides is 1. The lowest BCUT2D eigenvalue weighted by atomic mass is 9.93. The molecule has 5 N–H and O–H groups in total. The van der Waals surface area contributed by atoms with Crippen LogP contribution in [0.3, 0.4) is 0 Å². The number of carbonyl (C=O) groups excluding carboxylic acids is 1. The molecule has 0 aliphatic heterocycles. The monoisotopic (exact) mass is 299 g/mol. The first-order chi connectivity index (χ1) is 8.99. The fourth-order valence-electron chi connectivity index (χ4n) is 1.60. The first-order valence-corrected chi connectivity index (χ1v) is 7.62. The molecule has 0 aliphatic rings. The molecule has 0 aliphatic carbocycles. The van der Waals surface area contributed by atoms with E-state index in [0.717, 1.165) is 5.56 Å². The third-order valence-corrected chi connectivity index (χ3v) is 4.95. The van der Waals surface area contributed by atoms with Crippen LogP contribution in [0.5, 0.6) is 0 Å². The Labute approximate surface area is 119 Å². The summed E-state index contributed by atoms with van der Waals surface area (Å²) in [5, 5.41) is 0. The Morgan fingerprint density at radius 3 is 2.35 bits per heavy atom. The molecule has 0 saturated carbocycles. The van der Waals surface area contributed by atoms with Gasteiger partial charge in [0.2, 0.25) is 15.9 Å². The maximum atomic E-state index is 12.4. The molecule has 0 atom stereocenters. The fraction of sp³-hybridized carbons (Fsp3) is 0.462. The molecule has 20 heavy (non-hydrogen) atoms. The van der Waals surface area contributed by atoms with Crippen LogP contribution in [0.1, 0.15) is 25.0 Å². The molecule has 0 spiro atoms.